The minimum absolute atomic E-state index is 0.0162. The molecule has 12 nitrogen and oxygen atoms in total. The van der Waals surface area contributed by atoms with Gasteiger partial charge in [-0.15, -0.1) is 6.58 Å². The number of hydrogen-bond acceptors (Lipinski definition) is 12. The van der Waals surface area contributed by atoms with E-state index in [1.165, 1.54) is 51.8 Å². The zero-order chi connectivity index (χ0) is 57.9. The van der Waals surface area contributed by atoms with E-state index in [2.05, 4.69) is 91.2 Å². The summed E-state index contributed by atoms with van der Waals surface area (Å²) in [6.45, 7) is 26.3. The number of ether oxygens (including phenoxy) is 10. The summed E-state index contributed by atoms with van der Waals surface area (Å²) in [7, 11) is -0.163. The van der Waals surface area contributed by atoms with Crippen LogP contribution in [0.2, 0.25) is 37.4 Å². The van der Waals surface area contributed by atoms with Crippen molar-refractivity contribution in [2.45, 2.75) is 254 Å². The molecular formula is C67H102O12SiSn. The monoisotopic (exact) mass is 1250 g/mol. The van der Waals surface area contributed by atoms with Gasteiger partial charge in [0.2, 0.25) is 0 Å². The number of methoxy groups -OCH3 is 1. The summed E-state index contributed by atoms with van der Waals surface area (Å²) in [5.41, 5.74) is 0.797. The quantitative estimate of drug-likeness (QED) is 0.0190. The summed E-state index contributed by atoms with van der Waals surface area (Å²) in [6.07, 6.45) is 13.6. The topological polar surface area (TPSA) is 119 Å². The minimum atomic E-state index is -2.52. The van der Waals surface area contributed by atoms with E-state index in [1.807, 2.05) is 73.8 Å². The standard InChI is InChI=1S/C55H75O12Si.3C4H9.Sn/c1-10-28-59-43-31-44-45(32-48-46(63-44)33-49(60-37-40-20-16-13-17-21-40)54(4,66-48)26-29-58-36-39-18-14-12-15-19-39)64-47(43)34-52(56)65-51-35-50(61-38-41-22-24-42(57-6)25-23-41)55(5,67-53(51,3)11-2)27-30-62-68(7,8)9;3*1-3-4-2;/h10-25,28,43-51H,1-2,26-27,29-38H2,3-9H3;3*1,3-4H2,2H3;/b28-10-;;;;/t43-,44+,45-,46-,47+,48+,49+,50-,51+,53-,54-,55+;;;;/m1..../s1. The third kappa shape index (κ3) is 19.2. The second-order valence-corrected chi connectivity index (χ2v) is 43.8. The maximum atomic E-state index is 14.8. The maximum absolute atomic E-state index is 14.8. The van der Waals surface area contributed by atoms with Crippen LogP contribution < -0.4 is 4.74 Å². The Balaban J connectivity index is 1.10. The molecule has 0 aliphatic carbocycles. The van der Waals surface area contributed by atoms with Gasteiger partial charge in [0.25, 0.3) is 0 Å². The van der Waals surface area contributed by atoms with Gasteiger partial charge in [-0.2, -0.15) is 0 Å². The molecule has 0 bridgehead atoms. The van der Waals surface area contributed by atoms with Crippen molar-refractivity contribution in [3.63, 3.8) is 0 Å². The van der Waals surface area contributed by atoms with Crippen LogP contribution in [0.3, 0.4) is 0 Å². The van der Waals surface area contributed by atoms with E-state index >= 15 is 0 Å². The fourth-order valence-electron chi connectivity index (χ4n) is 12.5. The zero-order valence-electron chi connectivity index (χ0n) is 51.2. The van der Waals surface area contributed by atoms with Crippen LogP contribution in [0.4, 0.5) is 0 Å². The summed E-state index contributed by atoms with van der Waals surface area (Å²) >= 11 is -2.52. The summed E-state index contributed by atoms with van der Waals surface area (Å²) in [5.74, 6) is 0.385. The number of fused-ring (bicyclic) bond motifs is 2. The van der Waals surface area contributed by atoms with E-state index in [-0.39, 0.29) is 36.9 Å². The number of unbranched alkanes of at least 4 members (excludes halogenated alkanes) is 3. The van der Waals surface area contributed by atoms with Gasteiger partial charge in [0.1, 0.15) is 5.75 Å². The second-order valence-electron chi connectivity index (χ2n) is 25.3. The molecule has 0 aromatic heterocycles. The first-order valence-electron chi connectivity index (χ1n) is 30.9. The van der Waals surface area contributed by atoms with E-state index < -0.39 is 73.9 Å². The number of benzene rings is 3. The molecule has 4 fully saturated rings. The molecule has 3 aromatic rings. The average Bonchev–Trinajstić information content (AvgIpc) is 3.50. The number of esters is 1. The van der Waals surface area contributed by atoms with Gasteiger partial charge >= 0.3 is 263 Å². The molecule has 0 N–H and O–H groups in total. The second kappa shape index (κ2) is 31.3. The first kappa shape index (κ1) is 65.4. The Labute approximate surface area is 493 Å². The van der Waals surface area contributed by atoms with Crippen molar-refractivity contribution in [2.75, 3.05) is 20.3 Å². The summed E-state index contributed by atoms with van der Waals surface area (Å²) in [5, 5.41) is 0. The molecule has 0 unspecified atom stereocenters. The molecule has 0 amide bonds. The van der Waals surface area contributed by atoms with Crippen molar-refractivity contribution in [3.05, 3.63) is 127 Å². The number of rotatable bonds is 33. The predicted molar refractivity (Wildman–Crippen MR) is 327 cm³/mol. The molecular weight excluding hydrogens is 1140 g/mol. The molecule has 3 aromatic carbocycles. The number of carbonyl (C=O) groups is 1. The molecule has 450 valence electrons. The molecule has 12 atom stereocenters. The molecule has 4 saturated heterocycles. The Morgan fingerprint density at radius 3 is 1.84 bits per heavy atom. The van der Waals surface area contributed by atoms with Crippen LogP contribution in [0.1, 0.15) is 142 Å². The zero-order valence-corrected chi connectivity index (χ0v) is 55.0. The average molecular weight is 1250 g/mol. The molecule has 0 radical (unpaired) electrons. The van der Waals surface area contributed by atoms with Gasteiger partial charge in [-0.25, -0.2) is 0 Å². The first-order chi connectivity index (χ1) is 38.9. The SMILES string of the molecule is C=C[C@@]1(C)O[C@@](C)(CCO[Si](C)(C)C)[C@H](OCc2ccc(OC)cc2)C[C@@H]1OC(=O)C[C@@H]1O[C@@H]2C[C@@H]3O[C@](C)(CCOCc4ccccc4)[C@@H](OCc4ccccc4)C[C@H]3O[C@H]2C[C@H]1O/C=C\[CH2][Sn]([CH2]CCC)([CH2]CCC)[CH2]CCC. The van der Waals surface area contributed by atoms with E-state index in [4.69, 9.17) is 51.8 Å². The first-order valence-corrected chi connectivity index (χ1v) is 42.4. The van der Waals surface area contributed by atoms with Crippen LogP contribution in [0.25, 0.3) is 0 Å². The van der Waals surface area contributed by atoms with Crippen molar-refractivity contribution in [2.24, 2.45) is 0 Å². The Morgan fingerprint density at radius 1 is 0.679 bits per heavy atom. The molecule has 0 saturated carbocycles. The van der Waals surface area contributed by atoms with Gasteiger partial charge in [-0.1, -0.05) is 72.8 Å². The Bertz CT molecular complexity index is 2330. The van der Waals surface area contributed by atoms with Crippen LogP contribution in [0.5, 0.6) is 5.75 Å². The number of allylic oxidation sites excluding steroid dienone is 1. The third-order valence-electron chi connectivity index (χ3n) is 17.6. The van der Waals surface area contributed by atoms with Crippen LogP contribution in [0, 0.1) is 0 Å². The number of carbonyl (C=O) groups excluding carboxylic acids is 1. The number of hydrogen-bond donors (Lipinski definition) is 0. The van der Waals surface area contributed by atoms with Crippen molar-refractivity contribution < 1.29 is 56.6 Å². The Kier molecular flexibility index (Phi) is 25.3. The molecule has 81 heavy (non-hydrogen) atoms. The van der Waals surface area contributed by atoms with Crippen LogP contribution in [-0.2, 0) is 71.7 Å². The summed E-state index contributed by atoms with van der Waals surface area (Å²) < 4.78 is 79.0. The van der Waals surface area contributed by atoms with Gasteiger partial charge in [-0.3, -0.25) is 0 Å². The van der Waals surface area contributed by atoms with Gasteiger partial charge in [0.05, 0.1) is 32.5 Å². The summed E-state index contributed by atoms with van der Waals surface area (Å²) in [4.78, 5) is 14.8. The summed E-state index contributed by atoms with van der Waals surface area (Å²) in [6, 6.07) is 28.4. The van der Waals surface area contributed by atoms with Crippen molar-refractivity contribution in [3.8, 4) is 5.75 Å². The molecule has 4 aliphatic heterocycles. The normalized spacial score (nSPS) is 29.6. The van der Waals surface area contributed by atoms with Gasteiger partial charge < -0.3 is 18.6 Å². The Hall–Kier alpha value is -3.09. The van der Waals surface area contributed by atoms with Crippen molar-refractivity contribution in [1.29, 1.82) is 0 Å². The molecule has 14 heteroatoms. The molecule has 0 spiro atoms. The molecule has 4 heterocycles. The van der Waals surface area contributed by atoms with E-state index in [1.54, 1.807) is 13.2 Å². The van der Waals surface area contributed by atoms with E-state index in [0.29, 0.717) is 71.6 Å². The Morgan fingerprint density at radius 2 is 1.25 bits per heavy atom. The molecule has 7 rings (SSSR count). The van der Waals surface area contributed by atoms with Crippen LogP contribution in [0.15, 0.2) is 110 Å². The van der Waals surface area contributed by atoms with Crippen LogP contribution in [-0.4, -0.2) is 125 Å². The van der Waals surface area contributed by atoms with Crippen LogP contribution >= 0.6 is 0 Å². The van der Waals surface area contributed by atoms with Crippen molar-refractivity contribution >= 4 is 32.7 Å². The van der Waals surface area contributed by atoms with Gasteiger partial charge in [0.15, 0.2) is 8.32 Å². The van der Waals surface area contributed by atoms with E-state index in [0.717, 1.165) is 26.9 Å². The van der Waals surface area contributed by atoms with Gasteiger partial charge in [-0.05, 0) is 62.3 Å². The van der Waals surface area contributed by atoms with E-state index in [9.17, 15) is 4.79 Å². The fourth-order valence-corrected chi connectivity index (χ4v) is 28.3. The van der Waals surface area contributed by atoms with Gasteiger partial charge in [0, 0.05) is 26.1 Å². The van der Waals surface area contributed by atoms with Crippen molar-refractivity contribution in [1.82, 2.24) is 0 Å². The third-order valence-corrected chi connectivity index (χ3v) is 34.0. The molecule has 4 aliphatic rings. The predicted octanol–water partition coefficient (Wildman–Crippen LogP) is 15.1. The fraction of sp³-hybridized carbons (Fsp3) is 0.657.